The normalized spacial score (nSPS) is 10.2. The first-order valence-corrected chi connectivity index (χ1v) is 8.51. The summed E-state index contributed by atoms with van der Waals surface area (Å²) in [6.45, 7) is 1.13. The van der Waals surface area contributed by atoms with Crippen molar-refractivity contribution in [1.82, 2.24) is 0 Å². The molecule has 0 fully saturated rings. The second-order valence-electron chi connectivity index (χ2n) is 5.28. The van der Waals surface area contributed by atoms with E-state index < -0.39 is 5.91 Å². The summed E-state index contributed by atoms with van der Waals surface area (Å²) >= 11 is 1.66. The molecule has 0 aliphatic carbocycles. The molecule has 126 valence electrons. The Bertz CT molecular complexity index is 710. The van der Waals surface area contributed by atoms with E-state index in [1.807, 2.05) is 17.5 Å². The van der Waals surface area contributed by atoms with E-state index in [1.165, 1.54) is 11.8 Å². The third kappa shape index (κ3) is 5.96. The number of thiophene rings is 1. The first-order chi connectivity index (χ1) is 11.5. The van der Waals surface area contributed by atoms with Crippen molar-refractivity contribution in [2.24, 2.45) is 0 Å². The molecule has 1 aromatic carbocycles. The number of aryl methyl sites for hydroxylation is 1. The maximum absolute atomic E-state index is 11.8. The van der Waals surface area contributed by atoms with Crippen LogP contribution in [0.15, 0.2) is 41.8 Å². The molecule has 0 aliphatic rings. The van der Waals surface area contributed by atoms with Crippen LogP contribution >= 0.6 is 11.3 Å². The van der Waals surface area contributed by atoms with Gasteiger partial charge in [-0.05, 0) is 43.3 Å². The summed E-state index contributed by atoms with van der Waals surface area (Å²) in [4.78, 5) is 35.9. The second-order valence-corrected chi connectivity index (χ2v) is 6.31. The molecule has 1 heterocycles. The van der Waals surface area contributed by atoms with Crippen LogP contribution in [0.5, 0.6) is 0 Å². The number of benzene rings is 1. The number of esters is 1. The number of nitrogens with one attached hydrogen (secondary N) is 1. The van der Waals surface area contributed by atoms with Crippen LogP contribution in [0, 0.1) is 0 Å². The Kier molecular flexibility index (Phi) is 6.69. The molecule has 24 heavy (non-hydrogen) atoms. The Morgan fingerprint density at radius 3 is 2.71 bits per heavy atom. The molecule has 0 unspecified atom stereocenters. The van der Waals surface area contributed by atoms with E-state index >= 15 is 0 Å². The van der Waals surface area contributed by atoms with Gasteiger partial charge in [0.25, 0.3) is 5.91 Å². The van der Waals surface area contributed by atoms with Crippen LogP contribution in [-0.2, 0) is 20.7 Å². The summed E-state index contributed by atoms with van der Waals surface area (Å²) in [6, 6.07) is 10.6. The number of carbonyl (C=O) groups excluding carboxylic acids is 3. The monoisotopic (exact) mass is 345 g/mol. The molecular weight excluding hydrogens is 326 g/mol. The van der Waals surface area contributed by atoms with Crippen LogP contribution in [-0.4, -0.2) is 24.3 Å². The van der Waals surface area contributed by atoms with Gasteiger partial charge in [0.05, 0.1) is 0 Å². The number of amides is 1. The zero-order valence-corrected chi connectivity index (χ0v) is 14.2. The minimum absolute atomic E-state index is 0.0803. The van der Waals surface area contributed by atoms with Crippen LogP contribution in [0.25, 0.3) is 0 Å². The second kappa shape index (κ2) is 8.98. The molecule has 2 aromatic rings. The lowest BCUT2D eigenvalue weighted by molar-refractivity contribution is -0.147. The maximum atomic E-state index is 11.8. The van der Waals surface area contributed by atoms with Gasteiger partial charge in [0, 0.05) is 22.5 Å². The van der Waals surface area contributed by atoms with Crippen molar-refractivity contribution in [3.05, 3.63) is 52.2 Å². The molecule has 0 aliphatic heterocycles. The molecule has 1 amide bonds. The smallest absolute Gasteiger partial charge is 0.306 e. The lowest BCUT2D eigenvalue weighted by Crippen LogP contribution is -2.21. The Hall–Kier alpha value is -2.47. The SMILES string of the molecule is CC(=O)c1cccc(NC(=O)COC(=O)CCCc2cccs2)c1. The van der Waals surface area contributed by atoms with Gasteiger partial charge in [-0.1, -0.05) is 18.2 Å². The Balaban J connectivity index is 1.69. The van der Waals surface area contributed by atoms with Crippen molar-refractivity contribution < 1.29 is 19.1 Å². The molecule has 1 aromatic heterocycles. The quantitative estimate of drug-likeness (QED) is 0.587. The van der Waals surface area contributed by atoms with Gasteiger partial charge in [0.2, 0.25) is 0 Å². The van der Waals surface area contributed by atoms with Crippen molar-refractivity contribution >= 4 is 34.7 Å². The minimum Gasteiger partial charge on any atom is -0.456 e. The molecular formula is C18H19NO4S. The first kappa shape index (κ1) is 17.9. The Labute approximate surface area is 144 Å². The zero-order chi connectivity index (χ0) is 17.4. The van der Waals surface area contributed by atoms with E-state index in [0.29, 0.717) is 17.7 Å². The molecule has 0 bridgehead atoms. The van der Waals surface area contributed by atoms with E-state index in [0.717, 1.165) is 6.42 Å². The topological polar surface area (TPSA) is 72.5 Å². The third-order valence-corrected chi connectivity index (χ3v) is 4.24. The summed E-state index contributed by atoms with van der Waals surface area (Å²) in [5, 5.41) is 4.60. The summed E-state index contributed by atoms with van der Waals surface area (Å²) in [7, 11) is 0. The number of Topliss-reactive ketones (excluding diaryl/α,β-unsaturated/α-hetero) is 1. The molecule has 0 radical (unpaired) electrons. The van der Waals surface area contributed by atoms with Gasteiger partial charge in [-0.15, -0.1) is 11.3 Å². The molecule has 0 saturated carbocycles. The largest absolute Gasteiger partial charge is 0.456 e. The maximum Gasteiger partial charge on any atom is 0.306 e. The van der Waals surface area contributed by atoms with Gasteiger partial charge in [-0.25, -0.2) is 0 Å². The van der Waals surface area contributed by atoms with Crippen LogP contribution in [0.4, 0.5) is 5.69 Å². The molecule has 0 saturated heterocycles. The highest BCUT2D eigenvalue weighted by Crippen LogP contribution is 2.13. The van der Waals surface area contributed by atoms with Crippen molar-refractivity contribution in [2.75, 3.05) is 11.9 Å². The number of anilines is 1. The molecule has 5 nitrogen and oxygen atoms in total. The van der Waals surface area contributed by atoms with Crippen molar-refractivity contribution in [3.63, 3.8) is 0 Å². The number of rotatable bonds is 8. The average molecular weight is 345 g/mol. The molecule has 6 heteroatoms. The van der Waals surface area contributed by atoms with Crippen molar-refractivity contribution in [2.45, 2.75) is 26.2 Å². The Morgan fingerprint density at radius 2 is 2.00 bits per heavy atom. The highest BCUT2D eigenvalue weighted by atomic mass is 32.1. The summed E-state index contributed by atoms with van der Waals surface area (Å²) in [5.41, 5.74) is 1.01. The lowest BCUT2D eigenvalue weighted by atomic mass is 10.1. The summed E-state index contributed by atoms with van der Waals surface area (Å²) < 4.78 is 4.96. The molecule has 1 N–H and O–H groups in total. The average Bonchev–Trinajstić information content (AvgIpc) is 3.06. The number of ketones is 1. The fourth-order valence-electron chi connectivity index (χ4n) is 2.09. The first-order valence-electron chi connectivity index (χ1n) is 7.63. The summed E-state index contributed by atoms with van der Waals surface area (Å²) in [5.74, 6) is -0.898. The standard InChI is InChI=1S/C18H19NO4S/c1-13(20)14-5-2-6-15(11-14)19-17(21)12-23-18(22)9-3-7-16-8-4-10-24-16/h2,4-6,8,10-11H,3,7,9,12H2,1H3,(H,19,21). The fourth-order valence-corrected chi connectivity index (χ4v) is 2.84. The number of hydrogen-bond acceptors (Lipinski definition) is 5. The minimum atomic E-state index is -0.428. The van der Waals surface area contributed by atoms with Gasteiger partial charge >= 0.3 is 5.97 Å². The number of ether oxygens (including phenoxy) is 1. The molecule has 0 spiro atoms. The van der Waals surface area contributed by atoms with Crippen molar-refractivity contribution in [3.8, 4) is 0 Å². The lowest BCUT2D eigenvalue weighted by Gasteiger charge is -2.07. The zero-order valence-electron chi connectivity index (χ0n) is 13.4. The number of carbonyl (C=O) groups is 3. The van der Waals surface area contributed by atoms with Gasteiger partial charge in [0.1, 0.15) is 0 Å². The van der Waals surface area contributed by atoms with Crippen LogP contribution in [0.3, 0.4) is 0 Å². The third-order valence-electron chi connectivity index (χ3n) is 3.30. The molecule has 2 rings (SSSR count). The predicted octanol–water partition coefficient (Wildman–Crippen LogP) is 3.46. The van der Waals surface area contributed by atoms with Crippen LogP contribution in [0.2, 0.25) is 0 Å². The van der Waals surface area contributed by atoms with Gasteiger partial charge < -0.3 is 10.1 Å². The summed E-state index contributed by atoms with van der Waals surface area (Å²) in [6.07, 6.45) is 1.81. The van der Waals surface area contributed by atoms with Crippen LogP contribution < -0.4 is 5.32 Å². The van der Waals surface area contributed by atoms with Gasteiger partial charge in [0.15, 0.2) is 12.4 Å². The van der Waals surface area contributed by atoms with E-state index in [-0.39, 0.29) is 24.8 Å². The van der Waals surface area contributed by atoms with Crippen LogP contribution in [0.1, 0.15) is 35.0 Å². The highest BCUT2D eigenvalue weighted by Gasteiger charge is 2.09. The highest BCUT2D eigenvalue weighted by molar-refractivity contribution is 7.09. The van der Waals surface area contributed by atoms with E-state index in [2.05, 4.69) is 5.32 Å². The van der Waals surface area contributed by atoms with Gasteiger partial charge in [-0.2, -0.15) is 0 Å². The van der Waals surface area contributed by atoms with E-state index in [4.69, 9.17) is 4.74 Å². The Morgan fingerprint density at radius 1 is 1.17 bits per heavy atom. The molecule has 0 atom stereocenters. The predicted molar refractivity (Wildman–Crippen MR) is 93.3 cm³/mol. The van der Waals surface area contributed by atoms with E-state index in [9.17, 15) is 14.4 Å². The fraction of sp³-hybridized carbons (Fsp3) is 0.278. The van der Waals surface area contributed by atoms with Gasteiger partial charge in [-0.3, -0.25) is 14.4 Å². The number of hydrogen-bond donors (Lipinski definition) is 1. The van der Waals surface area contributed by atoms with E-state index in [1.54, 1.807) is 35.6 Å². The van der Waals surface area contributed by atoms with Crippen molar-refractivity contribution in [1.29, 1.82) is 0 Å².